The number of furan rings is 1. The molecule has 2 aromatic heterocycles. The third kappa shape index (κ3) is 3.30. The van der Waals surface area contributed by atoms with E-state index in [1.165, 1.54) is 0 Å². The van der Waals surface area contributed by atoms with Gasteiger partial charge in [0.05, 0.1) is 17.5 Å². The van der Waals surface area contributed by atoms with Crippen molar-refractivity contribution in [1.82, 2.24) is 9.97 Å². The molecule has 0 fully saturated rings. The van der Waals surface area contributed by atoms with E-state index in [1.807, 2.05) is 67.6 Å². The highest BCUT2D eigenvalue weighted by Gasteiger charge is 2.10. The second-order valence-corrected chi connectivity index (χ2v) is 6.15. The number of halogens is 1. The zero-order valence-electron chi connectivity index (χ0n) is 14.0. The molecule has 0 aliphatic rings. The van der Waals surface area contributed by atoms with Crippen molar-refractivity contribution in [3.63, 3.8) is 0 Å². The maximum Gasteiger partial charge on any atom is 0.244 e. The number of benzene rings is 2. The zero-order chi connectivity index (χ0) is 17.9. The van der Waals surface area contributed by atoms with Crippen LogP contribution in [0.25, 0.3) is 22.2 Å². The summed E-state index contributed by atoms with van der Waals surface area (Å²) in [5, 5.41) is 5.85. The summed E-state index contributed by atoms with van der Waals surface area (Å²) in [4.78, 5) is 9.18. The lowest BCUT2D eigenvalue weighted by Gasteiger charge is -2.09. The first-order chi connectivity index (χ1) is 12.7. The molecular formula is C20H15ClN4O. The molecule has 2 heterocycles. The highest BCUT2D eigenvalue weighted by atomic mass is 35.5. The van der Waals surface area contributed by atoms with Crippen LogP contribution >= 0.6 is 11.6 Å². The minimum absolute atomic E-state index is 0.407. The number of fused-ring (bicyclic) bond motifs is 1. The van der Waals surface area contributed by atoms with E-state index in [0.717, 1.165) is 22.2 Å². The van der Waals surface area contributed by atoms with Gasteiger partial charge in [0, 0.05) is 16.0 Å². The van der Waals surface area contributed by atoms with Crippen LogP contribution in [-0.4, -0.2) is 15.7 Å². The molecule has 128 valence electrons. The van der Waals surface area contributed by atoms with Crippen LogP contribution in [-0.2, 0) is 0 Å². The second-order valence-electron chi connectivity index (χ2n) is 5.71. The fraction of sp³-hybridized carbons (Fsp3) is 0.0500. The fourth-order valence-electron chi connectivity index (χ4n) is 2.64. The van der Waals surface area contributed by atoms with E-state index in [2.05, 4.69) is 20.5 Å². The number of aromatic nitrogens is 2. The van der Waals surface area contributed by atoms with Crippen molar-refractivity contribution >= 4 is 34.2 Å². The zero-order valence-corrected chi connectivity index (χ0v) is 14.7. The molecule has 26 heavy (non-hydrogen) atoms. The molecule has 4 aromatic rings. The predicted molar refractivity (Wildman–Crippen MR) is 105 cm³/mol. The number of hydrogen-bond donors (Lipinski definition) is 1. The van der Waals surface area contributed by atoms with Gasteiger partial charge in [0.15, 0.2) is 0 Å². The highest BCUT2D eigenvalue weighted by molar-refractivity contribution is 6.31. The van der Waals surface area contributed by atoms with Crippen molar-refractivity contribution in [3.8, 4) is 11.3 Å². The molecule has 0 radical (unpaired) electrons. The Morgan fingerprint density at radius 2 is 1.88 bits per heavy atom. The van der Waals surface area contributed by atoms with Crippen molar-refractivity contribution in [2.45, 2.75) is 6.92 Å². The minimum atomic E-state index is 0.407. The molecule has 1 N–H and O–H groups in total. The Labute approximate surface area is 155 Å². The van der Waals surface area contributed by atoms with Gasteiger partial charge in [-0.05, 0) is 37.3 Å². The quantitative estimate of drug-likeness (QED) is 0.391. The van der Waals surface area contributed by atoms with E-state index in [9.17, 15) is 0 Å². The van der Waals surface area contributed by atoms with Gasteiger partial charge in [-0.25, -0.2) is 15.4 Å². The Kier molecular flexibility index (Phi) is 4.37. The van der Waals surface area contributed by atoms with Gasteiger partial charge in [-0.15, -0.1) is 0 Å². The van der Waals surface area contributed by atoms with Gasteiger partial charge in [-0.1, -0.05) is 41.9 Å². The lowest BCUT2D eigenvalue weighted by molar-refractivity contribution is 0.557. The van der Waals surface area contributed by atoms with E-state index >= 15 is 0 Å². The first-order valence-electron chi connectivity index (χ1n) is 8.07. The Morgan fingerprint density at radius 1 is 1.04 bits per heavy atom. The van der Waals surface area contributed by atoms with Gasteiger partial charge in [0.25, 0.3) is 0 Å². The summed E-state index contributed by atoms with van der Waals surface area (Å²) in [5.74, 6) is 1.10. The normalized spacial score (nSPS) is 11.7. The topological polar surface area (TPSA) is 63.3 Å². The third-order valence-electron chi connectivity index (χ3n) is 3.91. The molecule has 5 nitrogen and oxygen atoms in total. The monoisotopic (exact) mass is 362 g/mol. The van der Waals surface area contributed by atoms with Crippen LogP contribution in [0.5, 0.6) is 0 Å². The number of hydrogen-bond acceptors (Lipinski definition) is 5. The van der Waals surface area contributed by atoms with Gasteiger partial charge < -0.3 is 4.42 Å². The maximum atomic E-state index is 6.17. The summed E-state index contributed by atoms with van der Waals surface area (Å²) >= 11 is 6.17. The van der Waals surface area contributed by atoms with Crippen molar-refractivity contribution in [2.75, 3.05) is 5.43 Å². The smallest absolute Gasteiger partial charge is 0.244 e. The Bertz CT molecular complexity index is 1080. The predicted octanol–water partition coefficient (Wildman–Crippen LogP) is 5.38. The molecule has 0 unspecified atom stereocenters. The van der Waals surface area contributed by atoms with Crippen LogP contribution in [0.4, 0.5) is 5.95 Å². The van der Waals surface area contributed by atoms with Gasteiger partial charge >= 0.3 is 0 Å². The average molecular weight is 363 g/mol. The molecule has 0 saturated heterocycles. The van der Waals surface area contributed by atoms with Crippen LogP contribution in [0.2, 0.25) is 5.02 Å². The molecule has 0 amide bonds. The van der Waals surface area contributed by atoms with Crippen LogP contribution < -0.4 is 5.43 Å². The summed E-state index contributed by atoms with van der Waals surface area (Å²) in [7, 11) is 0. The molecule has 0 bridgehead atoms. The van der Waals surface area contributed by atoms with Gasteiger partial charge in [0.2, 0.25) is 5.95 Å². The van der Waals surface area contributed by atoms with Crippen molar-refractivity contribution in [3.05, 3.63) is 77.7 Å². The second kappa shape index (κ2) is 6.98. The molecule has 6 heteroatoms. The molecule has 2 aromatic carbocycles. The van der Waals surface area contributed by atoms with Gasteiger partial charge in [-0.3, -0.25) is 0 Å². The summed E-state index contributed by atoms with van der Waals surface area (Å²) < 4.78 is 5.33. The van der Waals surface area contributed by atoms with E-state index in [-0.39, 0.29) is 0 Å². The number of rotatable bonds is 4. The molecular weight excluding hydrogens is 348 g/mol. The lowest BCUT2D eigenvalue weighted by Crippen LogP contribution is -2.03. The Balaban J connectivity index is 1.79. The Hall–Kier alpha value is -3.18. The lowest BCUT2D eigenvalue weighted by atomic mass is 10.1. The van der Waals surface area contributed by atoms with Crippen molar-refractivity contribution < 1.29 is 4.42 Å². The first-order valence-corrected chi connectivity index (χ1v) is 8.45. The fourth-order valence-corrected chi connectivity index (χ4v) is 2.81. The van der Waals surface area contributed by atoms with Crippen molar-refractivity contribution in [1.29, 1.82) is 0 Å². The van der Waals surface area contributed by atoms with Crippen molar-refractivity contribution in [2.24, 2.45) is 5.10 Å². The maximum absolute atomic E-state index is 6.17. The van der Waals surface area contributed by atoms with Crippen LogP contribution in [0.15, 0.2) is 76.4 Å². The first kappa shape index (κ1) is 16.3. The molecule has 0 saturated carbocycles. The SMILES string of the molecule is CC(=NNc1nc(-c2ccccc2)c2cc(Cl)ccc2n1)c1ccco1. The molecule has 0 aliphatic heterocycles. The van der Waals surface area contributed by atoms with Crippen LogP contribution in [0.3, 0.4) is 0 Å². The number of nitrogens with zero attached hydrogens (tertiary/aromatic N) is 3. The summed E-state index contributed by atoms with van der Waals surface area (Å²) in [6.45, 7) is 1.85. The van der Waals surface area contributed by atoms with Crippen LogP contribution in [0.1, 0.15) is 12.7 Å². The highest BCUT2D eigenvalue weighted by Crippen LogP contribution is 2.29. The van der Waals surface area contributed by atoms with Gasteiger partial charge in [-0.2, -0.15) is 5.10 Å². The number of nitrogens with one attached hydrogen (secondary N) is 1. The number of anilines is 1. The van der Waals surface area contributed by atoms with Gasteiger partial charge in [0.1, 0.15) is 11.5 Å². The molecule has 4 rings (SSSR count). The Morgan fingerprint density at radius 3 is 2.65 bits per heavy atom. The minimum Gasteiger partial charge on any atom is -0.463 e. The molecule has 0 spiro atoms. The number of hydrazone groups is 1. The molecule has 0 aliphatic carbocycles. The average Bonchev–Trinajstić information content (AvgIpc) is 3.21. The standard InChI is InChI=1S/C20H15ClN4O/c1-13(18-8-5-11-26-18)24-25-20-22-17-10-9-15(21)12-16(17)19(23-20)14-6-3-2-4-7-14/h2-12H,1H3,(H,22,23,25). The molecule has 0 atom stereocenters. The summed E-state index contributed by atoms with van der Waals surface area (Å²) in [6.07, 6.45) is 1.61. The van der Waals surface area contributed by atoms with E-state index in [4.69, 9.17) is 16.0 Å². The van der Waals surface area contributed by atoms with E-state index in [0.29, 0.717) is 22.4 Å². The van der Waals surface area contributed by atoms with E-state index in [1.54, 1.807) is 6.26 Å². The summed E-state index contributed by atoms with van der Waals surface area (Å²) in [5.41, 5.74) is 6.20. The largest absolute Gasteiger partial charge is 0.463 e. The third-order valence-corrected chi connectivity index (χ3v) is 4.14. The van der Waals surface area contributed by atoms with E-state index < -0.39 is 0 Å². The van der Waals surface area contributed by atoms with Crippen LogP contribution in [0, 0.1) is 0 Å². The summed E-state index contributed by atoms with van der Waals surface area (Å²) in [6, 6.07) is 19.1.